The first-order valence-electron chi connectivity index (χ1n) is 5.00. The van der Waals surface area contributed by atoms with Crippen molar-refractivity contribution in [2.24, 2.45) is 0 Å². The number of rotatable bonds is 2. The lowest BCUT2D eigenvalue weighted by atomic mass is 10.1. The molecule has 0 saturated heterocycles. The van der Waals surface area contributed by atoms with Crippen molar-refractivity contribution in [1.82, 2.24) is 0 Å². The van der Waals surface area contributed by atoms with Crippen LogP contribution in [0.25, 0.3) is 5.76 Å². The van der Waals surface area contributed by atoms with E-state index < -0.39 is 5.97 Å². The Balaban J connectivity index is 2.12. The summed E-state index contributed by atoms with van der Waals surface area (Å²) in [5.41, 5.74) is 0. The van der Waals surface area contributed by atoms with E-state index in [9.17, 15) is 4.79 Å². The number of carbonyl (C=O) groups excluding carboxylic acids is 1. The fourth-order valence-electron chi connectivity index (χ4n) is 1.44. The van der Waals surface area contributed by atoms with E-state index in [1.54, 1.807) is 12.3 Å². The molecule has 84 valence electrons. The Morgan fingerprint density at radius 3 is 3.12 bits per heavy atom. The second-order valence-electron chi connectivity index (χ2n) is 3.32. The fraction of sp³-hybridized carbons (Fsp3) is 0.250. The van der Waals surface area contributed by atoms with Crippen LogP contribution in [0.15, 0.2) is 40.7 Å². The molecule has 0 N–H and O–H groups in total. The van der Waals surface area contributed by atoms with Gasteiger partial charge in [-0.25, -0.2) is 4.79 Å². The summed E-state index contributed by atoms with van der Waals surface area (Å²) >= 11 is 0. The van der Waals surface area contributed by atoms with Crippen molar-refractivity contribution in [3.8, 4) is 0 Å². The van der Waals surface area contributed by atoms with Crippen LogP contribution in [0.2, 0.25) is 0 Å². The number of esters is 1. The highest BCUT2D eigenvalue weighted by Crippen LogP contribution is 2.27. The van der Waals surface area contributed by atoms with Crippen LogP contribution in [0.4, 0.5) is 0 Å². The van der Waals surface area contributed by atoms with E-state index in [1.807, 2.05) is 12.1 Å². The lowest BCUT2D eigenvalue weighted by molar-refractivity contribution is -0.135. The topological polar surface area (TPSA) is 48.7 Å². The van der Waals surface area contributed by atoms with Gasteiger partial charge in [-0.1, -0.05) is 0 Å². The number of hydrogen-bond acceptors (Lipinski definition) is 4. The van der Waals surface area contributed by atoms with Gasteiger partial charge in [0.2, 0.25) is 0 Å². The van der Waals surface area contributed by atoms with Gasteiger partial charge >= 0.3 is 5.97 Å². The Labute approximate surface area is 93.1 Å². The van der Waals surface area contributed by atoms with Crippen molar-refractivity contribution in [2.45, 2.75) is 12.8 Å². The van der Waals surface area contributed by atoms with Crippen molar-refractivity contribution < 1.29 is 18.7 Å². The van der Waals surface area contributed by atoms with E-state index in [0.717, 1.165) is 6.42 Å². The first kappa shape index (κ1) is 10.5. The molecule has 4 heteroatoms. The first-order valence-corrected chi connectivity index (χ1v) is 5.00. The number of hydrogen-bond donors (Lipinski definition) is 0. The van der Waals surface area contributed by atoms with Gasteiger partial charge in [0.15, 0.2) is 11.5 Å². The van der Waals surface area contributed by atoms with Crippen LogP contribution in [0, 0.1) is 0 Å². The van der Waals surface area contributed by atoms with Gasteiger partial charge < -0.3 is 13.9 Å². The second-order valence-corrected chi connectivity index (χ2v) is 3.32. The normalized spacial score (nSPS) is 17.8. The number of furan rings is 1. The molecule has 4 nitrogen and oxygen atoms in total. The molecule has 1 aliphatic heterocycles. The van der Waals surface area contributed by atoms with Gasteiger partial charge in [-0.15, -0.1) is 0 Å². The molecule has 16 heavy (non-hydrogen) atoms. The summed E-state index contributed by atoms with van der Waals surface area (Å²) in [5.74, 6) is 1.50. The molecular weight excluding hydrogens is 208 g/mol. The molecule has 0 unspecified atom stereocenters. The molecular formula is C12H12O4. The zero-order valence-corrected chi connectivity index (χ0v) is 8.93. The van der Waals surface area contributed by atoms with E-state index in [2.05, 4.69) is 4.74 Å². The van der Waals surface area contributed by atoms with Crippen LogP contribution >= 0.6 is 0 Å². The molecule has 2 rings (SSSR count). The summed E-state index contributed by atoms with van der Waals surface area (Å²) in [4.78, 5) is 11.1. The average molecular weight is 220 g/mol. The van der Waals surface area contributed by atoms with Crippen molar-refractivity contribution in [3.05, 3.63) is 42.1 Å². The summed E-state index contributed by atoms with van der Waals surface area (Å²) in [6, 6.07) is 3.60. The minimum atomic E-state index is -0.407. The Bertz CT molecular complexity index is 426. The molecule has 0 saturated carbocycles. The highest BCUT2D eigenvalue weighted by atomic mass is 16.5. The third-order valence-corrected chi connectivity index (χ3v) is 2.21. The average Bonchev–Trinajstić information content (AvgIpc) is 2.83. The SMILES string of the molecule is COC(=O)/C=C1\CCC=C(c2ccco2)O1. The zero-order chi connectivity index (χ0) is 11.4. The van der Waals surface area contributed by atoms with Crippen molar-refractivity contribution in [2.75, 3.05) is 7.11 Å². The molecule has 1 aromatic heterocycles. The van der Waals surface area contributed by atoms with Crippen molar-refractivity contribution in [1.29, 1.82) is 0 Å². The highest BCUT2D eigenvalue weighted by Gasteiger charge is 2.14. The Kier molecular flexibility index (Phi) is 3.10. The van der Waals surface area contributed by atoms with Crippen LogP contribution in [0.3, 0.4) is 0 Å². The molecule has 0 fully saturated rings. The molecule has 0 aromatic carbocycles. The highest BCUT2D eigenvalue weighted by molar-refractivity contribution is 5.82. The summed E-state index contributed by atoms with van der Waals surface area (Å²) < 4.78 is 15.3. The van der Waals surface area contributed by atoms with Gasteiger partial charge in [-0.2, -0.15) is 0 Å². The Morgan fingerprint density at radius 2 is 2.44 bits per heavy atom. The number of methoxy groups -OCH3 is 1. The smallest absolute Gasteiger partial charge is 0.333 e. The second kappa shape index (κ2) is 4.70. The van der Waals surface area contributed by atoms with Crippen LogP contribution in [0.5, 0.6) is 0 Å². The zero-order valence-electron chi connectivity index (χ0n) is 8.93. The first-order chi connectivity index (χ1) is 7.79. The Hall–Kier alpha value is -1.97. The molecule has 0 radical (unpaired) electrons. The number of allylic oxidation sites excluding steroid dienone is 2. The molecule has 0 amide bonds. The van der Waals surface area contributed by atoms with E-state index in [-0.39, 0.29) is 0 Å². The number of carbonyl (C=O) groups is 1. The monoisotopic (exact) mass is 220 g/mol. The molecule has 0 bridgehead atoms. The lowest BCUT2D eigenvalue weighted by Gasteiger charge is -2.15. The third-order valence-electron chi connectivity index (χ3n) is 2.21. The predicted molar refractivity (Wildman–Crippen MR) is 57.1 cm³/mol. The van der Waals surface area contributed by atoms with Gasteiger partial charge in [-0.05, 0) is 24.6 Å². The van der Waals surface area contributed by atoms with Crippen molar-refractivity contribution >= 4 is 11.7 Å². The van der Waals surface area contributed by atoms with Crippen LogP contribution < -0.4 is 0 Å². The lowest BCUT2D eigenvalue weighted by Crippen LogP contribution is -2.03. The van der Waals surface area contributed by atoms with E-state index in [0.29, 0.717) is 23.7 Å². The minimum absolute atomic E-state index is 0.407. The molecule has 0 spiro atoms. The van der Waals surface area contributed by atoms with E-state index in [1.165, 1.54) is 13.2 Å². The predicted octanol–water partition coefficient (Wildman–Crippen LogP) is 2.49. The summed E-state index contributed by atoms with van der Waals surface area (Å²) in [5, 5.41) is 0. The van der Waals surface area contributed by atoms with Crippen LogP contribution in [0.1, 0.15) is 18.6 Å². The molecule has 1 aliphatic rings. The number of ether oxygens (including phenoxy) is 2. The van der Waals surface area contributed by atoms with Gasteiger partial charge in [0.1, 0.15) is 5.76 Å². The van der Waals surface area contributed by atoms with Gasteiger partial charge in [0.05, 0.1) is 19.4 Å². The standard InChI is InChI=1S/C12H12O4/c1-14-12(13)8-9-4-2-5-11(16-9)10-6-3-7-15-10/h3,5-8H,2,4H2,1H3/b9-8+. The largest absolute Gasteiger partial charge is 0.466 e. The quantitative estimate of drug-likeness (QED) is 0.567. The summed E-state index contributed by atoms with van der Waals surface area (Å²) in [6.07, 6.45) is 6.39. The maximum Gasteiger partial charge on any atom is 0.333 e. The molecule has 1 aromatic rings. The van der Waals surface area contributed by atoms with E-state index in [4.69, 9.17) is 9.15 Å². The Morgan fingerprint density at radius 1 is 1.56 bits per heavy atom. The van der Waals surface area contributed by atoms with Crippen molar-refractivity contribution in [3.63, 3.8) is 0 Å². The molecule has 0 atom stereocenters. The summed E-state index contributed by atoms with van der Waals surface area (Å²) in [6.45, 7) is 0. The van der Waals surface area contributed by atoms with Gasteiger partial charge in [-0.3, -0.25) is 0 Å². The maximum atomic E-state index is 11.1. The summed E-state index contributed by atoms with van der Waals surface area (Å²) in [7, 11) is 1.34. The fourth-order valence-corrected chi connectivity index (χ4v) is 1.44. The molecule has 0 aliphatic carbocycles. The van der Waals surface area contributed by atoms with Gasteiger partial charge in [0.25, 0.3) is 0 Å². The van der Waals surface area contributed by atoms with E-state index >= 15 is 0 Å². The maximum absolute atomic E-state index is 11.1. The molecule has 2 heterocycles. The third kappa shape index (κ3) is 2.34. The minimum Gasteiger partial charge on any atom is -0.466 e. The van der Waals surface area contributed by atoms with Crippen LogP contribution in [-0.4, -0.2) is 13.1 Å². The van der Waals surface area contributed by atoms with Gasteiger partial charge in [0, 0.05) is 6.42 Å². The van der Waals surface area contributed by atoms with Crippen LogP contribution in [-0.2, 0) is 14.3 Å².